The molecule has 0 radical (unpaired) electrons. The second kappa shape index (κ2) is 5.71. The lowest BCUT2D eigenvalue weighted by molar-refractivity contribution is 0.444. The Morgan fingerprint density at radius 3 is 2.22 bits per heavy atom. The zero-order valence-electron chi connectivity index (χ0n) is 11.2. The molecule has 0 aliphatic heterocycles. The largest absolute Gasteiger partial charge is 0.377 e. The molecule has 1 aromatic rings. The number of benzene rings is 1. The molecule has 0 unspecified atom stereocenters. The van der Waals surface area contributed by atoms with E-state index in [-0.39, 0.29) is 5.54 Å². The van der Waals surface area contributed by atoms with Crippen LogP contribution in [0.25, 0.3) is 0 Å². The number of hydrogen-bond acceptors (Lipinski definition) is 4. The van der Waals surface area contributed by atoms with Gasteiger partial charge in [-0.25, -0.2) is 8.42 Å². The van der Waals surface area contributed by atoms with Crippen LogP contribution < -0.4 is 11.1 Å². The summed E-state index contributed by atoms with van der Waals surface area (Å²) in [5.41, 5.74) is 6.21. The maximum Gasteiger partial charge on any atom is 0.177 e. The molecule has 0 amide bonds. The predicted molar refractivity (Wildman–Crippen MR) is 75.5 cm³/mol. The highest BCUT2D eigenvalue weighted by molar-refractivity contribution is 7.90. The van der Waals surface area contributed by atoms with Gasteiger partial charge in [0.15, 0.2) is 9.84 Å². The fraction of sp³-hybridized carbons (Fsp3) is 0.538. The SMILES string of the molecule is CCC(CC)(CN)Nc1ccccc1S(C)(=O)=O. The first-order valence-corrected chi connectivity index (χ1v) is 8.05. The van der Waals surface area contributed by atoms with Crippen molar-refractivity contribution in [3.05, 3.63) is 24.3 Å². The van der Waals surface area contributed by atoms with E-state index in [1.165, 1.54) is 6.26 Å². The summed E-state index contributed by atoms with van der Waals surface area (Å²) < 4.78 is 23.5. The zero-order valence-corrected chi connectivity index (χ0v) is 12.0. The number of sulfone groups is 1. The molecule has 0 aromatic heterocycles. The molecule has 0 aliphatic carbocycles. The van der Waals surface area contributed by atoms with Gasteiger partial charge in [0.2, 0.25) is 0 Å². The Morgan fingerprint density at radius 2 is 1.78 bits per heavy atom. The normalized spacial score (nSPS) is 12.4. The van der Waals surface area contributed by atoms with Crippen LogP contribution in [0.4, 0.5) is 5.69 Å². The van der Waals surface area contributed by atoms with E-state index in [1.807, 2.05) is 19.9 Å². The minimum absolute atomic E-state index is 0.249. The molecular formula is C13H22N2O2S. The number of nitrogens with two attached hydrogens (primary N) is 1. The van der Waals surface area contributed by atoms with Crippen molar-refractivity contribution in [2.24, 2.45) is 5.73 Å². The van der Waals surface area contributed by atoms with E-state index in [1.54, 1.807) is 18.2 Å². The molecule has 3 N–H and O–H groups in total. The fourth-order valence-electron chi connectivity index (χ4n) is 1.95. The average Bonchev–Trinajstić information content (AvgIpc) is 2.35. The average molecular weight is 270 g/mol. The first-order chi connectivity index (χ1) is 8.38. The molecule has 0 atom stereocenters. The van der Waals surface area contributed by atoms with Crippen LogP contribution in [-0.2, 0) is 9.84 Å². The number of anilines is 1. The Balaban J connectivity index is 3.19. The molecule has 0 heterocycles. The van der Waals surface area contributed by atoms with Gasteiger partial charge in [-0.15, -0.1) is 0 Å². The lowest BCUT2D eigenvalue weighted by Crippen LogP contribution is -2.44. The molecule has 0 saturated carbocycles. The van der Waals surface area contributed by atoms with Crippen LogP contribution >= 0.6 is 0 Å². The number of hydrogen-bond donors (Lipinski definition) is 2. The highest BCUT2D eigenvalue weighted by Gasteiger charge is 2.26. The van der Waals surface area contributed by atoms with E-state index in [0.717, 1.165) is 12.8 Å². The number of para-hydroxylation sites is 1. The van der Waals surface area contributed by atoms with Gasteiger partial charge in [0.1, 0.15) is 0 Å². The standard InChI is InChI=1S/C13H22N2O2S/c1-4-13(5-2,10-14)15-11-8-6-7-9-12(11)18(3,16)17/h6-9,15H,4-5,10,14H2,1-3H3. The summed E-state index contributed by atoms with van der Waals surface area (Å²) in [5, 5.41) is 3.31. The molecule has 5 heteroatoms. The Kier molecular flexibility index (Phi) is 4.76. The van der Waals surface area contributed by atoms with Gasteiger partial charge in [-0.2, -0.15) is 0 Å². The minimum Gasteiger partial charge on any atom is -0.377 e. The van der Waals surface area contributed by atoms with Crippen LogP contribution in [0.3, 0.4) is 0 Å². The first kappa shape index (κ1) is 15.0. The van der Waals surface area contributed by atoms with Crippen LogP contribution in [0, 0.1) is 0 Å². The summed E-state index contributed by atoms with van der Waals surface area (Å²) in [7, 11) is -3.23. The van der Waals surface area contributed by atoms with Crippen molar-refractivity contribution >= 4 is 15.5 Å². The van der Waals surface area contributed by atoms with Gasteiger partial charge in [-0.1, -0.05) is 26.0 Å². The summed E-state index contributed by atoms with van der Waals surface area (Å²) in [6, 6.07) is 6.95. The van der Waals surface area contributed by atoms with Crippen LogP contribution in [-0.4, -0.2) is 26.8 Å². The third-order valence-electron chi connectivity index (χ3n) is 3.43. The maximum atomic E-state index is 11.7. The molecule has 1 rings (SSSR count). The fourth-order valence-corrected chi connectivity index (χ4v) is 2.79. The van der Waals surface area contributed by atoms with Crippen LogP contribution in [0.5, 0.6) is 0 Å². The molecule has 0 fully saturated rings. The van der Waals surface area contributed by atoms with Gasteiger partial charge in [-0.3, -0.25) is 0 Å². The molecule has 0 aliphatic rings. The van der Waals surface area contributed by atoms with E-state index >= 15 is 0 Å². The molecular weight excluding hydrogens is 248 g/mol. The van der Waals surface area contributed by atoms with E-state index < -0.39 is 9.84 Å². The van der Waals surface area contributed by atoms with E-state index in [2.05, 4.69) is 5.32 Å². The Morgan fingerprint density at radius 1 is 1.22 bits per heavy atom. The third kappa shape index (κ3) is 3.23. The van der Waals surface area contributed by atoms with Crippen LogP contribution in [0.15, 0.2) is 29.2 Å². The molecule has 0 spiro atoms. The van der Waals surface area contributed by atoms with Gasteiger partial charge in [0.05, 0.1) is 10.6 Å². The highest BCUT2D eigenvalue weighted by atomic mass is 32.2. The summed E-state index contributed by atoms with van der Waals surface area (Å²) >= 11 is 0. The topological polar surface area (TPSA) is 72.2 Å². The van der Waals surface area contributed by atoms with Crippen LogP contribution in [0.2, 0.25) is 0 Å². The second-order valence-corrected chi connectivity index (χ2v) is 6.57. The van der Waals surface area contributed by atoms with Crippen molar-refractivity contribution in [1.29, 1.82) is 0 Å². The number of rotatable bonds is 6. The van der Waals surface area contributed by atoms with Crippen molar-refractivity contribution in [2.45, 2.75) is 37.1 Å². The smallest absolute Gasteiger partial charge is 0.177 e. The van der Waals surface area contributed by atoms with Crippen molar-refractivity contribution in [3.63, 3.8) is 0 Å². The number of nitrogens with one attached hydrogen (secondary N) is 1. The first-order valence-electron chi connectivity index (χ1n) is 6.16. The molecule has 0 bridgehead atoms. The minimum atomic E-state index is -3.23. The van der Waals surface area contributed by atoms with E-state index in [9.17, 15) is 8.42 Å². The van der Waals surface area contributed by atoms with Crippen molar-refractivity contribution in [3.8, 4) is 0 Å². The lowest BCUT2D eigenvalue weighted by Gasteiger charge is -2.33. The van der Waals surface area contributed by atoms with E-state index in [0.29, 0.717) is 17.1 Å². The Bertz CT molecular complexity index is 485. The molecule has 4 nitrogen and oxygen atoms in total. The summed E-state index contributed by atoms with van der Waals surface area (Å²) in [5.74, 6) is 0. The van der Waals surface area contributed by atoms with Gasteiger partial charge in [0, 0.05) is 18.3 Å². The predicted octanol–water partition coefficient (Wildman–Crippen LogP) is 2.02. The van der Waals surface area contributed by atoms with Gasteiger partial charge in [0.25, 0.3) is 0 Å². The Hall–Kier alpha value is -1.07. The van der Waals surface area contributed by atoms with Gasteiger partial charge in [-0.05, 0) is 25.0 Å². The van der Waals surface area contributed by atoms with Crippen LogP contribution in [0.1, 0.15) is 26.7 Å². The maximum absolute atomic E-state index is 11.7. The molecule has 102 valence electrons. The monoisotopic (exact) mass is 270 g/mol. The molecule has 0 saturated heterocycles. The third-order valence-corrected chi connectivity index (χ3v) is 4.59. The van der Waals surface area contributed by atoms with Crippen molar-refractivity contribution < 1.29 is 8.42 Å². The zero-order chi connectivity index (χ0) is 13.8. The molecule has 1 aromatic carbocycles. The summed E-state index contributed by atoms with van der Waals surface area (Å²) in [4.78, 5) is 0.324. The highest BCUT2D eigenvalue weighted by Crippen LogP contribution is 2.27. The quantitative estimate of drug-likeness (QED) is 0.829. The Labute approximate surface area is 110 Å². The van der Waals surface area contributed by atoms with Gasteiger partial charge >= 0.3 is 0 Å². The van der Waals surface area contributed by atoms with E-state index in [4.69, 9.17) is 5.73 Å². The lowest BCUT2D eigenvalue weighted by atomic mass is 9.92. The summed E-state index contributed by atoms with van der Waals surface area (Å²) in [6.07, 6.45) is 2.91. The van der Waals surface area contributed by atoms with Gasteiger partial charge < -0.3 is 11.1 Å². The summed E-state index contributed by atoms with van der Waals surface area (Å²) in [6.45, 7) is 4.57. The van der Waals surface area contributed by atoms with Crippen molar-refractivity contribution in [2.75, 3.05) is 18.1 Å². The molecule has 18 heavy (non-hydrogen) atoms. The van der Waals surface area contributed by atoms with Crippen molar-refractivity contribution in [1.82, 2.24) is 0 Å². The second-order valence-electron chi connectivity index (χ2n) is 4.58.